The van der Waals surface area contributed by atoms with Gasteiger partial charge in [-0.05, 0) is 65.9 Å². The molecule has 1 aromatic heterocycles. The summed E-state index contributed by atoms with van der Waals surface area (Å²) in [5.41, 5.74) is 1.31. The molecule has 0 amide bonds. The number of carboxylic acid groups (broad SMARTS) is 1. The molecule has 0 aliphatic rings. The molecule has 3 aromatic carbocycles. The Kier molecular flexibility index (Phi) is 6.54. The molecule has 0 radical (unpaired) electrons. The van der Waals surface area contributed by atoms with Gasteiger partial charge < -0.3 is 9.84 Å². The van der Waals surface area contributed by atoms with Gasteiger partial charge in [0, 0.05) is 4.70 Å². The standard InChI is InChI=1S/C24H19F2NO5S2/c1-15-20-4-2-3-5-21(20)33-22(15)27(14-16-6-10-18(11-7-16)32-24(25)26)34(30,31)19-12-8-17(9-13-19)23(28)29/h2-13,24H,14H2,1H3,(H,28,29). The van der Waals surface area contributed by atoms with Crippen LogP contribution in [0, 0.1) is 6.92 Å². The number of alkyl halides is 2. The minimum atomic E-state index is -4.09. The van der Waals surface area contributed by atoms with Crippen LogP contribution in [0.2, 0.25) is 0 Å². The number of rotatable bonds is 8. The van der Waals surface area contributed by atoms with E-state index in [-0.39, 0.29) is 22.8 Å². The smallest absolute Gasteiger partial charge is 0.387 e. The van der Waals surface area contributed by atoms with Gasteiger partial charge in [-0.2, -0.15) is 8.78 Å². The summed E-state index contributed by atoms with van der Waals surface area (Å²) >= 11 is 1.32. The average Bonchev–Trinajstić information content (AvgIpc) is 3.14. The Balaban J connectivity index is 1.79. The van der Waals surface area contributed by atoms with Gasteiger partial charge in [0.05, 0.1) is 17.0 Å². The molecule has 34 heavy (non-hydrogen) atoms. The molecule has 1 N–H and O–H groups in total. The topological polar surface area (TPSA) is 83.9 Å². The lowest BCUT2D eigenvalue weighted by atomic mass is 10.2. The lowest BCUT2D eigenvalue weighted by Gasteiger charge is -2.24. The van der Waals surface area contributed by atoms with Crippen molar-refractivity contribution >= 4 is 42.4 Å². The van der Waals surface area contributed by atoms with E-state index < -0.39 is 22.6 Å². The molecule has 0 saturated heterocycles. The zero-order valence-corrected chi connectivity index (χ0v) is 19.4. The number of ether oxygens (including phenoxy) is 1. The van der Waals surface area contributed by atoms with Gasteiger partial charge in [-0.3, -0.25) is 4.31 Å². The first-order chi connectivity index (χ1) is 16.2. The van der Waals surface area contributed by atoms with Crippen LogP contribution in [0.5, 0.6) is 5.75 Å². The molecule has 6 nitrogen and oxygen atoms in total. The zero-order chi connectivity index (χ0) is 24.5. The highest BCUT2D eigenvalue weighted by Crippen LogP contribution is 2.40. The van der Waals surface area contributed by atoms with Gasteiger partial charge in [0.2, 0.25) is 0 Å². The number of carbonyl (C=O) groups is 1. The lowest BCUT2D eigenvalue weighted by Crippen LogP contribution is -2.30. The van der Waals surface area contributed by atoms with Gasteiger partial charge in [-0.25, -0.2) is 13.2 Å². The van der Waals surface area contributed by atoms with Crippen molar-refractivity contribution in [3.63, 3.8) is 0 Å². The molecule has 0 bridgehead atoms. The summed E-state index contributed by atoms with van der Waals surface area (Å²) in [6, 6.07) is 18.3. The molecule has 176 valence electrons. The molecule has 0 fully saturated rings. The lowest BCUT2D eigenvalue weighted by molar-refractivity contribution is -0.0498. The van der Waals surface area contributed by atoms with Crippen LogP contribution in [0.3, 0.4) is 0 Å². The first-order valence-electron chi connectivity index (χ1n) is 10.0. The fourth-order valence-corrected chi connectivity index (χ4v) is 6.43. The van der Waals surface area contributed by atoms with Gasteiger partial charge >= 0.3 is 12.6 Å². The number of carboxylic acids is 1. The largest absolute Gasteiger partial charge is 0.478 e. The zero-order valence-electron chi connectivity index (χ0n) is 17.8. The van der Waals surface area contributed by atoms with Crippen molar-refractivity contribution in [3.8, 4) is 5.75 Å². The predicted molar refractivity (Wildman–Crippen MR) is 126 cm³/mol. The number of aryl methyl sites for hydroxylation is 1. The van der Waals surface area contributed by atoms with Gasteiger partial charge in [0.1, 0.15) is 10.8 Å². The Morgan fingerprint density at radius 3 is 2.26 bits per heavy atom. The minimum absolute atomic E-state index is 0.0295. The van der Waals surface area contributed by atoms with Crippen molar-refractivity contribution < 1.29 is 31.8 Å². The third-order valence-electron chi connectivity index (χ3n) is 5.21. The number of nitrogens with zero attached hydrogens (tertiary/aromatic N) is 1. The Morgan fingerprint density at radius 2 is 1.68 bits per heavy atom. The summed E-state index contributed by atoms with van der Waals surface area (Å²) in [4.78, 5) is 11.1. The van der Waals surface area contributed by atoms with Crippen LogP contribution in [0.25, 0.3) is 10.1 Å². The van der Waals surface area contributed by atoms with Gasteiger partial charge in [-0.1, -0.05) is 30.3 Å². The third-order valence-corrected chi connectivity index (χ3v) is 8.38. The number of thiophene rings is 1. The van der Waals surface area contributed by atoms with Crippen LogP contribution >= 0.6 is 11.3 Å². The van der Waals surface area contributed by atoms with E-state index in [0.717, 1.165) is 15.6 Å². The summed E-state index contributed by atoms with van der Waals surface area (Å²) in [5.74, 6) is -1.19. The van der Waals surface area contributed by atoms with Crippen molar-refractivity contribution in [3.05, 3.63) is 89.5 Å². The molecule has 0 spiro atoms. The van der Waals surface area contributed by atoms with Crippen LogP contribution < -0.4 is 9.04 Å². The van der Waals surface area contributed by atoms with E-state index in [4.69, 9.17) is 5.11 Å². The summed E-state index contributed by atoms with van der Waals surface area (Å²) in [5, 5.41) is 10.6. The summed E-state index contributed by atoms with van der Waals surface area (Å²) in [7, 11) is -4.09. The summed E-state index contributed by atoms with van der Waals surface area (Å²) in [6.45, 7) is -1.19. The molecule has 0 aliphatic carbocycles. The third kappa shape index (κ3) is 4.73. The van der Waals surface area contributed by atoms with Crippen molar-refractivity contribution in [2.75, 3.05) is 4.31 Å². The van der Waals surface area contributed by atoms with Crippen molar-refractivity contribution in [2.45, 2.75) is 25.0 Å². The predicted octanol–water partition coefficient (Wildman–Crippen LogP) is 5.90. The first kappa shape index (κ1) is 23.7. The van der Waals surface area contributed by atoms with Crippen LogP contribution in [0.1, 0.15) is 21.5 Å². The van der Waals surface area contributed by atoms with Gasteiger partial charge in [0.15, 0.2) is 0 Å². The molecule has 10 heteroatoms. The van der Waals surface area contributed by atoms with Crippen LogP contribution in [-0.2, 0) is 16.6 Å². The number of sulfonamides is 1. The number of benzene rings is 3. The summed E-state index contributed by atoms with van der Waals surface area (Å²) in [6.07, 6.45) is 0. The highest BCUT2D eigenvalue weighted by molar-refractivity contribution is 7.93. The number of halogens is 2. The Bertz CT molecular complexity index is 1430. The Morgan fingerprint density at radius 1 is 1.03 bits per heavy atom. The van der Waals surface area contributed by atoms with E-state index in [1.165, 1.54) is 64.2 Å². The van der Waals surface area contributed by atoms with E-state index in [2.05, 4.69) is 4.74 Å². The Labute approximate surface area is 198 Å². The number of hydrogen-bond acceptors (Lipinski definition) is 5. The average molecular weight is 504 g/mol. The second-order valence-corrected chi connectivity index (χ2v) is 10.3. The van der Waals surface area contributed by atoms with Gasteiger partial charge in [-0.15, -0.1) is 11.3 Å². The number of fused-ring (bicyclic) bond motifs is 1. The van der Waals surface area contributed by atoms with E-state index in [1.54, 1.807) is 0 Å². The SMILES string of the molecule is Cc1c(N(Cc2ccc(OC(F)F)cc2)S(=O)(=O)c2ccc(C(=O)O)cc2)sc2ccccc12. The molecule has 0 saturated carbocycles. The molecule has 0 atom stereocenters. The first-order valence-corrected chi connectivity index (χ1v) is 12.3. The molecular weight excluding hydrogens is 484 g/mol. The molecule has 1 heterocycles. The summed E-state index contributed by atoms with van der Waals surface area (Å²) < 4.78 is 58.9. The van der Waals surface area contributed by atoms with Crippen molar-refractivity contribution in [1.82, 2.24) is 0 Å². The van der Waals surface area contributed by atoms with E-state index in [9.17, 15) is 22.0 Å². The molecule has 4 rings (SSSR count). The second-order valence-electron chi connectivity index (χ2n) is 7.39. The molecule has 4 aromatic rings. The number of aromatic carboxylic acids is 1. The van der Waals surface area contributed by atoms with Gasteiger partial charge in [0.25, 0.3) is 10.0 Å². The highest BCUT2D eigenvalue weighted by atomic mass is 32.2. The molecule has 0 aliphatic heterocycles. The fraction of sp³-hybridized carbons (Fsp3) is 0.125. The quantitative estimate of drug-likeness (QED) is 0.323. The molecular formula is C24H19F2NO5S2. The fourth-order valence-electron chi connectivity index (χ4n) is 3.50. The van der Waals surface area contributed by atoms with E-state index in [1.807, 2.05) is 31.2 Å². The maximum atomic E-state index is 13.7. The Hall–Kier alpha value is -3.50. The van der Waals surface area contributed by atoms with E-state index >= 15 is 0 Å². The number of hydrogen-bond donors (Lipinski definition) is 1. The van der Waals surface area contributed by atoms with Crippen LogP contribution in [-0.4, -0.2) is 26.1 Å². The normalized spacial score (nSPS) is 11.6. The monoisotopic (exact) mass is 503 g/mol. The maximum absolute atomic E-state index is 13.7. The molecule has 0 unspecified atom stereocenters. The second kappa shape index (κ2) is 9.40. The van der Waals surface area contributed by atoms with Crippen LogP contribution in [0.4, 0.5) is 13.8 Å². The van der Waals surface area contributed by atoms with Crippen molar-refractivity contribution in [2.24, 2.45) is 0 Å². The van der Waals surface area contributed by atoms with Crippen molar-refractivity contribution in [1.29, 1.82) is 0 Å². The number of anilines is 1. The van der Waals surface area contributed by atoms with Crippen LogP contribution in [0.15, 0.2) is 77.7 Å². The maximum Gasteiger partial charge on any atom is 0.387 e. The van der Waals surface area contributed by atoms with E-state index in [0.29, 0.717) is 10.6 Å². The highest BCUT2D eigenvalue weighted by Gasteiger charge is 2.29. The minimum Gasteiger partial charge on any atom is -0.478 e.